The molecule has 0 amide bonds. The molecule has 0 saturated carbocycles. The van der Waals surface area contributed by atoms with Crippen LogP contribution in [0.1, 0.15) is 60.5 Å². The molecular formula is C20H35N3. The Bertz CT molecular complexity index is 555. The maximum atomic E-state index is 4.45. The number of nitrogens with one attached hydrogen (secondary N) is 1. The van der Waals surface area contributed by atoms with E-state index in [1.165, 1.54) is 16.5 Å². The van der Waals surface area contributed by atoms with Crippen LogP contribution in [0.3, 0.4) is 0 Å². The van der Waals surface area contributed by atoms with Crippen molar-refractivity contribution in [1.82, 2.24) is 14.9 Å². The second-order valence-electron chi connectivity index (χ2n) is 4.51. The molecule has 23 heavy (non-hydrogen) atoms. The molecule has 0 aliphatic carbocycles. The second-order valence-corrected chi connectivity index (χ2v) is 4.51. The number of aromatic nitrogens is 2. The van der Waals surface area contributed by atoms with Gasteiger partial charge in [0.1, 0.15) is 5.65 Å². The van der Waals surface area contributed by atoms with Crippen LogP contribution in [0.4, 0.5) is 0 Å². The van der Waals surface area contributed by atoms with Gasteiger partial charge in [-0.05, 0) is 36.2 Å². The first kappa shape index (κ1) is 21.4. The number of likely N-dealkylation sites (N-methyl/N-ethyl adjacent to an activating group) is 1. The topological polar surface area (TPSA) is 31.9 Å². The normalized spacial score (nSPS) is 13.6. The van der Waals surface area contributed by atoms with E-state index >= 15 is 0 Å². The summed E-state index contributed by atoms with van der Waals surface area (Å²) in [6.45, 7) is 17.6. The summed E-state index contributed by atoms with van der Waals surface area (Å²) in [4.78, 5) is 10.0. The number of nitrogens with zero attached hydrogens (tertiary/aromatic N) is 2. The van der Waals surface area contributed by atoms with Gasteiger partial charge >= 0.3 is 0 Å². The van der Waals surface area contributed by atoms with Crippen LogP contribution in [-0.4, -0.2) is 34.5 Å². The molecule has 0 unspecified atom stereocenters. The van der Waals surface area contributed by atoms with Crippen LogP contribution in [0.2, 0.25) is 0 Å². The number of fused-ring (bicyclic) bond motifs is 1. The number of hydrogen-bond donors (Lipinski definition) is 1. The molecule has 0 bridgehead atoms. The Balaban J connectivity index is 0.000000728. The van der Waals surface area contributed by atoms with E-state index in [4.69, 9.17) is 0 Å². The van der Waals surface area contributed by atoms with Crippen molar-refractivity contribution in [3.63, 3.8) is 0 Å². The summed E-state index contributed by atoms with van der Waals surface area (Å²) in [5, 5.41) is 1.20. The standard InChI is InChI=1S/C14H17N3.3C2H6/c1-2-17-7-4-11(5-8-17)13-9-12-3-6-15-14(12)16-10-13;3*1-2/h3-4,6,9-10H,2,5,7-8H2,1H3,(H,15,16);3*1-2H3. The van der Waals surface area contributed by atoms with Crippen LogP contribution < -0.4 is 0 Å². The lowest BCUT2D eigenvalue weighted by Gasteiger charge is -2.24. The van der Waals surface area contributed by atoms with E-state index < -0.39 is 0 Å². The van der Waals surface area contributed by atoms with E-state index in [0.717, 1.165) is 31.7 Å². The molecule has 2 aromatic heterocycles. The third-order valence-corrected chi connectivity index (χ3v) is 3.51. The Morgan fingerprint density at radius 1 is 1.13 bits per heavy atom. The number of hydrogen-bond acceptors (Lipinski definition) is 2. The van der Waals surface area contributed by atoms with Crippen LogP contribution >= 0.6 is 0 Å². The lowest BCUT2D eigenvalue weighted by molar-refractivity contribution is 0.319. The molecule has 1 N–H and O–H groups in total. The van der Waals surface area contributed by atoms with E-state index in [1.54, 1.807) is 0 Å². The van der Waals surface area contributed by atoms with Gasteiger partial charge in [-0.3, -0.25) is 4.90 Å². The Morgan fingerprint density at radius 3 is 2.39 bits per heavy atom. The largest absolute Gasteiger partial charge is 0.346 e. The zero-order chi connectivity index (χ0) is 17.7. The zero-order valence-corrected chi connectivity index (χ0v) is 16.1. The summed E-state index contributed by atoms with van der Waals surface area (Å²) >= 11 is 0. The quantitative estimate of drug-likeness (QED) is 0.764. The molecule has 3 rings (SSSR count). The molecule has 2 aromatic rings. The summed E-state index contributed by atoms with van der Waals surface area (Å²) in [5.41, 5.74) is 3.68. The fraction of sp³-hybridized carbons (Fsp3) is 0.550. The average Bonchev–Trinajstić information content (AvgIpc) is 3.14. The first-order valence-electron chi connectivity index (χ1n) is 9.21. The summed E-state index contributed by atoms with van der Waals surface area (Å²) in [6.07, 6.45) is 7.38. The van der Waals surface area contributed by atoms with E-state index in [1.807, 2.05) is 53.9 Å². The van der Waals surface area contributed by atoms with Crippen molar-refractivity contribution in [3.8, 4) is 0 Å². The van der Waals surface area contributed by atoms with Gasteiger partial charge in [-0.2, -0.15) is 0 Å². The Hall–Kier alpha value is -1.61. The van der Waals surface area contributed by atoms with Crippen molar-refractivity contribution in [2.45, 2.75) is 54.9 Å². The van der Waals surface area contributed by atoms with Crippen molar-refractivity contribution < 1.29 is 0 Å². The third-order valence-electron chi connectivity index (χ3n) is 3.51. The van der Waals surface area contributed by atoms with E-state index in [0.29, 0.717) is 0 Å². The predicted molar refractivity (Wildman–Crippen MR) is 105 cm³/mol. The number of rotatable bonds is 2. The molecular weight excluding hydrogens is 282 g/mol. The van der Waals surface area contributed by atoms with E-state index in [2.05, 4.69) is 40.0 Å². The third kappa shape index (κ3) is 6.19. The average molecular weight is 318 g/mol. The minimum Gasteiger partial charge on any atom is -0.346 e. The fourth-order valence-corrected chi connectivity index (χ4v) is 2.38. The molecule has 0 atom stereocenters. The van der Waals surface area contributed by atoms with Crippen LogP contribution in [0, 0.1) is 0 Å². The monoisotopic (exact) mass is 317 g/mol. The molecule has 130 valence electrons. The smallest absolute Gasteiger partial charge is 0.137 e. The minimum atomic E-state index is 0.973. The van der Waals surface area contributed by atoms with E-state index in [-0.39, 0.29) is 0 Å². The van der Waals surface area contributed by atoms with Crippen molar-refractivity contribution >= 4 is 16.6 Å². The van der Waals surface area contributed by atoms with Gasteiger partial charge < -0.3 is 4.98 Å². The van der Waals surface area contributed by atoms with Crippen LogP contribution in [0.25, 0.3) is 16.6 Å². The summed E-state index contributed by atoms with van der Waals surface area (Å²) in [6, 6.07) is 4.31. The van der Waals surface area contributed by atoms with Crippen LogP contribution in [-0.2, 0) is 0 Å². The van der Waals surface area contributed by atoms with Gasteiger partial charge in [0, 0.05) is 30.9 Å². The van der Waals surface area contributed by atoms with Gasteiger partial charge in [0.2, 0.25) is 0 Å². The first-order valence-corrected chi connectivity index (χ1v) is 9.21. The molecule has 0 aromatic carbocycles. The molecule has 0 radical (unpaired) electrons. The lowest BCUT2D eigenvalue weighted by atomic mass is 10.0. The number of aromatic amines is 1. The van der Waals surface area contributed by atoms with Crippen molar-refractivity contribution in [2.75, 3.05) is 19.6 Å². The van der Waals surface area contributed by atoms with Gasteiger partial charge in [-0.1, -0.05) is 54.5 Å². The molecule has 3 heterocycles. The highest BCUT2D eigenvalue weighted by molar-refractivity contribution is 5.80. The van der Waals surface area contributed by atoms with Gasteiger partial charge in [-0.15, -0.1) is 0 Å². The number of pyridine rings is 1. The molecule has 0 saturated heterocycles. The molecule has 0 fully saturated rings. The fourth-order valence-electron chi connectivity index (χ4n) is 2.38. The molecule has 3 nitrogen and oxygen atoms in total. The number of H-pyrrole nitrogens is 1. The zero-order valence-electron chi connectivity index (χ0n) is 16.1. The van der Waals surface area contributed by atoms with Crippen LogP contribution in [0.5, 0.6) is 0 Å². The molecule has 1 aliphatic rings. The van der Waals surface area contributed by atoms with Crippen LogP contribution in [0.15, 0.2) is 30.6 Å². The van der Waals surface area contributed by atoms with Gasteiger partial charge in [0.25, 0.3) is 0 Å². The lowest BCUT2D eigenvalue weighted by Crippen LogP contribution is -2.28. The summed E-state index contributed by atoms with van der Waals surface area (Å²) < 4.78 is 0. The molecule has 1 aliphatic heterocycles. The SMILES string of the molecule is CC.CC.CC.CCN1CC=C(c2cnc3[nH]ccc3c2)CC1. The van der Waals surface area contributed by atoms with Crippen molar-refractivity contribution in [1.29, 1.82) is 0 Å². The predicted octanol–water partition coefficient (Wildman–Crippen LogP) is 5.75. The minimum absolute atomic E-state index is 0.973. The first-order chi connectivity index (χ1) is 11.4. The van der Waals surface area contributed by atoms with Crippen molar-refractivity contribution in [3.05, 3.63) is 36.2 Å². The summed E-state index contributed by atoms with van der Waals surface area (Å²) in [5.74, 6) is 0. The molecule has 0 spiro atoms. The Labute approximate surface area is 142 Å². The van der Waals surface area contributed by atoms with Gasteiger partial charge in [0.15, 0.2) is 0 Å². The maximum absolute atomic E-state index is 4.45. The Kier molecular flexibility index (Phi) is 12.0. The van der Waals surface area contributed by atoms with E-state index in [9.17, 15) is 0 Å². The highest BCUT2D eigenvalue weighted by Crippen LogP contribution is 2.23. The van der Waals surface area contributed by atoms with Gasteiger partial charge in [-0.25, -0.2) is 4.98 Å². The highest BCUT2D eigenvalue weighted by atomic mass is 15.1. The highest BCUT2D eigenvalue weighted by Gasteiger charge is 2.11. The maximum Gasteiger partial charge on any atom is 0.137 e. The second kappa shape index (κ2) is 12.9. The van der Waals surface area contributed by atoms with Gasteiger partial charge in [0.05, 0.1) is 0 Å². The Morgan fingerprint density at radius 2 is 1.83 bits per heavy atom. The van der Waals surface area contributed by atoms with Crippen molar-refractivity contribution in [2.24, 2.45) is 0 Å². The molecule has 3 heteroatoms. The summed E-state index contributed by atoms with van der Waals surface area (Å²) in [7, 11) is 0.